The Kier molecular flexibility index (Phi) is 4.81. The SMILES string of the molecule is Cc1ccc(N2CCN(C(C)c3ccc([N+](=O)[O-])cc3)CC2)cc1. The van der Waals surface area contributed by atoms with E-state index in [4.69, 9.17) is 0 Å². The molecule has 5 heteroatoms. The number of rotatable bonds is 4. The van der Waals surface area contributed by atoms with Crippen molar-refractivity contribution in [1.82, 2.24) is 4.90 Å². The Labute approximate surface area is 142 Å². The molecule has 0 bridgehead atoms. The summed E-state index contributed by atoms with van der Waals surface area (Å²) >= 11 is 0. The van der Waals surface area contributed by atoms with Crippen LogP contribution in [0.15, 0.2) is 48.5 Å². The van der Waals surface area contributed by atoms with Gasteiger partial charge < -0.3 is 4.90 Å². The highest BCUT2D eigenvalue weighted by molar-refractivity contribution is 5.48. The number of nitrogens with zero attached hydrogens (tertiary/aromatic N) is 3. The molecule has 1 aliphatic rings. The molecule has 24 heavy (non-hydrogen) atoms. The normalized spacial score (nSPS) is 16.8. The van der Waals surface area contributed by atoms with Gasteiger partial charge in [0.05, 0.1) is 4.92 Å². The topological polar surface area (TPSA) is 49.6 Å². The number of piperazine rings is 1. The fourth-order valence-electron chi connectivity index (χ4n) is 3.21. The average molecular weight is 325 g/mol. The molecule has 0 aromatic heterocycles. The van der Waals surface area contributed by atoms with Gasteiger partial charge in [0, 0.05) is 50.0 Å². The molecule has 3 rings (SSSR count). The Hall–Kier alpha value is -2.40. The maximum absolute atomic E-state index is 10.8. The van der Waals surface area contributed by atoms with Crippen LogP contribution >= 0.6 is 0 Å². The second-order valence-corrected chi connectivity index (χ2v) is 6.38. The number of nitro benzene ring substituents is 1. The minimum atomic E-state index is -0.352. The minimum absolute atomic E-state index is 0.148. The Morgan fingerprint density at radius 2 is 1.54 bits per heavy atom. The van der Waals surface area contributed by atoms with E-state index in [0.29, 0.717) is 0 Å². The average Bonchev–Trinajstić information content (AvgIpc) is 2.62. The number of hydrogen-bond donors (Lipinski definition) is 0. The molecule has 0 aliphatic carbocycles. The highest BCUT2D eigenvalue weighted by Gasteiger charge is 2.22. The molecule has 0 saturated carbocycles. The molecular formula is C19H23N3O2. The van der Waals surface area contributed by atoms with Gasteiger partial charge in [0.2, 0.25) is 0 Å². The molecule has 1 saturated heterocycles. The highest BCUT2D eigenvalue weighted by Crippen LogP contribution is 2.25. The third-order valence-corrected chi connectivity index (χ3v) is 4.85. The van der Waals surface area contributed by atoms with E-state index in [1.807, 2.05) is 12.1 Å². The van der Waals surface area contributed by atoms with Gasteiger partial charge in [-0.1, -0.05) is 29.8 Å². The fourth-order valence-corrected chi connectivity index (χ4v) is 3.21. The summed E-state index contributed by atoms with van der Waals surface area (Å²) in [6.07, 6.45) is 0. The summed E-state index contributed by atoms with van der Waals surface area (Å²) in [4.78, 5) is 15.3. The zero-order valence-electron chi connectivity index (χ0n) is 14.2. The lowest BCUT2D eigenvalue weighted by atomic mass is 10.1. The van der Waals surface area contributed by atoms with Crippen LogP contribution in [-0.2, 0) is 0 Å². The Balaban J connectivity index is 1.61. The van der Waals surface area contributed by atoms with Gasteiger partial charge in [-0.3, -0.25) is 15.0 Å². The van der Waals surface area contributed by atoms with Gasteiger partial charge >= 0.3 is 0 Å². The molecule has 1 atom stereocenters. The highest BCUT2D eigenvalue weighted by atomic mass is 16.6. The molecule has 126 valence electrons. The smallest absolute Gasteiger partial charge is 0.269 e. The first-order valence-corrected chi connectivity index (χ1v) is 8.34. The summed E-state index contributed by atoms with van der Waals surface area (Å²) in [6, 6.07) is 15.9. The predicted octanol–water partition coefficient (Wildman–Crippen LogP) is 3.79. The summed E-state index contributed by atoms with van der Waals surface area (Å²) in [5, 5.41) is 10.8. The summed E-state index contributed by atoms with van der Waals surface area (Å²) in [7, 11) is 0. The van der Waals surface area contributed by atoms with Gasteiger partial charge in [0.25, 0.3) is 5.69 Å². The third kappa shape index (κ3) is 3.57. The second kappa shape index (κ2) is 7.01. The molecule has 1 heterocycles. The molecular weight excluding hydrogens is 302 g/mol. The van der Waals surface area contributed by atoms with E-state index in [-0.39, 0.29) is 16.7 Å². The molecule has 0 spiro atoms. The van der Waals surface area contributed by atoms with E-state index in [1.165, 1.54) is 11.3 Å². The lowest BCUT2D eigenvalue weighted by Crippen LogP contribution is -2.47. The van der Waals surface area contributed by atoms with Crippen LogP contribution in [-0.4, -0.2) is 36.0 Å². The summed E-state index contributed by atoms with van der Waals surface area (Å²) < 4.78 is 0. The van der Waals surface area contributed by atoms with Crippen molar-refractivity contribution in [2.75, 3.05) is 31.1 Å². The first-order chi connectivity index (χ1) is 11.5. The molecule has 2 aromatic carbocycles. The zero-order valence-corrected chi connectivity index (χ0v) is 14.2. The van der Waals surface area contributed by atoms with Crippen LogP contribution in [0.2, 0.25) is 0 Å². The van der Waals surface area contributed by atoms with Gasteiger partial charge in [-0.2, -0.15) is 0 Å². The van der Waals surface area contributed by atoms with Crippen LogP contribution in [0.4, 0.5) is 11.4 Å². The molecule has 0 radical (unpaired) electrons. The number of anilines is 1. The van der Waals surface area contributed by atoms with E-state index in [9.17, 15) is 10.1 Å². The van der Waals surface area contributed by atoms with Crippen molar-refractivity contribution < 1.29 is 4.92 Å². The van der Waals surface area contributed by atoms with Crippen molar-refractivity contribution >= 4 is 11.4 Å². The molecule has 5 nitrogen and oxygen atoms in total. The van der Waals surface area contributed by atoms with Crippen molar-refractivity contribution in [2.24, 2.45) is 0 Å². The lowest BCUT2D eigenvalue weighted by Gasteiger charge is -2.39. The van der Waals surface area contributed by atoms with Crippen LogP contribution in [0.5, 0.6) is 0 Å². The van der Waals surface area contributed by atoms with Crippen molar-refractivity contribution in [3.8, 4) is 0 Å². The summed E-state index contributed by atoms with van der Waals surface area (Å²) in [6.45, 7) is 8.26. The quantitative estimate of drug-likeness (QED) is 0.634. The monoisotopic (exact) mass is 325 g/mol. The molecule has 1 aliphatic heterocycles. The van der Waals surface area contributed by atoms with Crippen molar-refractivity contribution in [3.05, 3.63) is 69.8 Å². The van der Waals surface area contributed by atoms with E-state index < -0.39 is 0 Å². The maximum atomic E-state index is 10.8. The Morgan fingerprint density at radius 3 is 2.08 bits per heavy atom. The van der Waals surface area contributed by atoms with Gasteiger partial charge in [-0.05, 0) is 31.5 Å². The van der Waals surface area contributed by atoms with Crippen molar-refractivity contribution in [3.63, 3.8) is 0 Å². The van der Waals surface area contributed by atoms with Crippen LogP contribution in [0.25, 0.3) is 0 Å². The van der Waals surface area contributed by atoms with Gasteiger partial charge in [-0.15, -0.1) is 0 Å². The Morgan fingerprint density at radius 1 is 0.958 bits per heavy atom. The molecule has 1 unspecified atom stereocenters. The minimum Gasteiger partial charge on any atom is -0.369 e. The first-order valence-electron chi connectivity index (χ1n) is 8.34. The summed E-state index contributed by atoms with van der Waals surface area (Å²) in [5.41, 5.74) is 3.84. The zero-order chi connectivity index (χ0) is 17.1. The van der Waals surface area contributed by atoms with Crippen molar-refractivity contribution in [2.45, 2.75) is 19.9 Å². The maximum Gasteiger partial charge on any atom is 0.269 e. The largest absolute Gasteiger partial charge is 0.369 e. The first kappa shape index (κ1) is 16.5. The van der Waals surface area contributed by atoms with Gasteiger partial charge in [-0.25, -0.2) is 0 Å². The fraction of sp³-hybridized carbons (Fsp3) is 0.368. The van der Waals surface area contributed by atoms with Crippen LogP contribution < -0.4 is 4.90 Å². The van der Waals surface area contributed by atoms with Gasteiger partial charge in [0.1, 0.15) is 0 Å². The second-order valence-electron chi connectivity index (χ2n) is 6.38. The number of non-ortho nitro benzene ring substituents is 1. The number of hydrogen-bond acceptors (Lipinski definition) is 4. The summed E-state index contributed by atoms with van der Waals surface area (Å²) in [5.74, 6) is 0. The number of nitro groups is 1. The van der Waals surface area contributed by atoms with Crippen molar-refractivity contribution in [1.29, 1.82) is 0 Å². The number of benzene rings is 2. The number of aryl methyl sites for hydroxylation is 1. The predicted molar refractivity (Wildman–Crippen MR) is 96.5 cm³/mol. The third-order valence-electron chi connectivity index (χ3n) is 4.85. The van der Waals surface area contributed by atoms with Crippen LogP contribution in [0.3, 0.4) is 0 Å². The molecule has 2 aromatic rings. The molecule has 0 N–H and O–H groups in total. The van der Waals surface area contributed by atoms with E-state index in [1.54, 1.807) is 12.1 Å². The standard InChI is InChI=1S/C19H23N3O2/c1-15-3-7-18(8-4-15)21-13-11-20(12-14-21)16(2)17-5-9-19(10-6-17)22(23)24/h3-10,16H,11-14H2,1-2H3. The van der Waals surface area contributed by atoms with E-state index in [0.717, 1.165) is 31.7 Å². The molecule has 1 fully saturated rings. The van der Waals surface area contributed by atoms with Crippen LogP contribution in [0, 0.1) is 17.0 Å². The molecule has 0 amide bonds. The van der Waals surface area contributed by atoms with Crippen LogP contribution in [0.1, 0.15) is 24.1 Å². The Bertz CT molecular complexity index is 690. The lowest BCUT2D eigenvalue weighted by molar-refractivity contribution is -0.384. The van der Waals surface area contributed by atoms with Gasteiger partial charge in [0.15, 0.2) is 0 Å². The van der Waals surface area contributed by atoms with E-state index in [2.05, 4.69) is 47.9 Å². The van der Waals surface area contributed by atoms with E-state index >= 15 is 0 Å².